The zero-order valence-electron chi connectivity index (χ0n) is 16.5. The molecule has 1 aromatic carbocycles. The Morgan fingerprint density at radius 2 is 1.89 bits per heavy atom. The van der Waals surface area contributed by atoms with Crippen LogP contribution >= 0.6 is 11.3 Å². The van der Waals surface area contributed by atoms with E-state index in [1.165, 1.54) is 6.92 Å². The fourth-order valence-electron chi connectivity index (χ4n) is 3.32. The number of thiazole rings is 1. The van der Waals surface area contributed by atoms with E-state index in [1.54, 1.807) is 27.8 Å². The molecule has 0 aliphatic carbocycles. The number of carbonyl (C=O) groups is 1. The van der Waals surface area contributed by atoms with Crippen molar-refractivity contribution in [1.82, 2.24) is 14.6 Å². The van der Waals surface area contributed by atoms with Crippen LogP contribution in [-0.2, 0) is 21.4 Å². The second-order valence-electron chi connectivity index (χ2n) is 7.49. The van der Waals surface area contributed by atoms with Crippen LogP contribution in [0, 0.1) is 0 Å². The third-order valence-corrected chi connectivity index (χ3v) is 8.04. The summed E-state index contributed by atoms with van der Waals surface area (Å²) in [4.78, 5) is 16.0. The molecule has 1 aliphatic heterocycles. The van der Waals surface area contributed by atoms with Gasteiger partial charge >= 0.3 is 0 Å². The van der Waals surface area contributed by atoms with E-state index in [0.717, 1.165) is 29.1 Å². The monoisotopic (exact) mass is 421 g/mol. The number of benzene rings is 1. The van der Waals surface area contributed by atoms with E-state index in [-0.39, 0.29) is 11.8 Å². The first-order chi connectivity index (χ1) is 13.3. The summed E-state index contributed by atoms with van der Waals surface area (Å²) in [6, 6.07) is 7.23. The van der Waals surface area contributed by atoms with Gasteiger partial charge in [0.05, 0.1) is 22.1 Å². The Balaban J connectivity index is 1.62. The zero-order valence-corrected chi connectivity index (χ0v) is 18.1. The maximum Gasteiger partial charge on any atom is 0.243 e. The maximum atomic E-state index is 12.9. The van der Waals surface area contributed by atoms with Gasteiger partial charge in [0.1, 0.15) is 0 Å². The van der Waals surface area contributed by atoms with E-state index in [4.69, 9.17) is 0 Å². The van der Waals surface area contributed by atoms with E-state index in [2.05, 4.69) is 24.1 Å². The van der Waals surface area contributed by atoms with E-state index in [1.807, 2.05) is 17.5 Å². The number of hydrogen-bond donors (Lipinski definition) is 1. The van der Waals surface area contributed by atoms with Gasteiger partial charge in [-0.15, -0.1) is 11.3 Å². The van der Waals surface area contributed by atoms with Crippen molar-refractivity contribution >= 4 is 27.3 Å². The van der Waals surface area contributed by atoms with Crippen LogP contribution in [-0.4, -0.2) is 36.7 Å². The van der Waals surface area contributed by atoms with Gasteiger partial charge in [-0.05, 0) is 36.5 Å². The number of carbonyl (C=O) groups excluding carboxylic acids is 1. The minimum atomic E-state index is -3.45. The first-order valence-electron chi connectivity index (χ1n) is 9.56. The minimum absolute atomic E-state index is 0.0745. The Kier molecular flexibility index (Phi) is 6.52. The van der Waals surface area contributed by atoms with Crippen LogP contribution in [0.25, 0.3) is 0 Å². The zero-order chi connectivity index (χ0) is 20.3. The van der Waals surface area contributed by atoms with Crippen molar-refractivity contribution in [1.29, 1.82) is 0 Å². The van der Waals surface area contributed by atoms with Crippen LogP contribution in [0.5, 0.6) is 0 Å². The molecule has 0 radical (unpaired) electrons. The van der Waals surface area contributed by atoms with Gasteiger partial charge in [-0.1, -0.05) is 26.0 Å². The summed E-state index contributed by atoms with van der Waals surface area (Å²) in [5.41, 5.74) is 1.99. The second-order valence-corrected chi connectivity index (χ2v) is 10.3. The molecule has 1 N–H and O–H groups in total. The number of amides is 1. The van der Waals surface area contributed by atoms with Crippen LogP contribution < -0.4 is 5.32 Å². The predicted octanol–water partition coefficient (Wildman–Crippen LogP) is 3.47. The molecule has 2 aromatic rings. The summed E-state index contributed by atoms with van der Waals surface area (Å²) in [7, 11) is -3.45. The summed E-state index contributed by atoms with van der Waals surface area (Å²) < 4.78 is 27.5. The Labute approximate surface area is 171 Å². The number of sulfonamides is 1. The molecule has 1 aliphatic rings. The lowest BCUT2D eigenvalue weighted by molar-refractivity contribution is -0.119. The normalized spacial score (nSPS) is 16.4. The highest BCUT2D eigenvalue weighted by Crippen LogP contribution is 2.32. The molecule has 8 heteroatoms. The molecule has 152 valence electrons. The van der Waals surface area contributed by atoms with E-state index < -0.39 is 10.0 Å². The summed E-state index contributed by atoms with van der Waals surface area (Å²) in [6.07, 6.45) is 1.52. The Hall–Kier alpha value is -1.77. The molecule has 2 heterocycles. The Bertz CT molecular complexity index is 912. The van der Waals surface area contributed by atoms with Gasteiger partial charge in [0.15, 0.2) is 0 Å². The van der Waals surface area contributed by atoms with Crippen molar-refractivity contribution in [2.75, 3.05) is 13.1 Å². The molecular weight excluding hydrogens is 394 g/mol. The number of hydrogen-bond acceptors (Lipinski definition) is 5. The van der Waals surface area contributed by atoms with Crippen molar-refractivity contribution in [3.63, 3.8) is 0 Å². The van der Waals surface area contributed by atoms with Crippen molar-refractivity contribution in [2.24, 2.45) is 0 Å². The molecule has 0 saturated carbocycles. The SMILES string of the molecule is CC(=O)NCc1csc(C2CCN(S(=O)(=O)c3ccc(C(C)C)cc3)CC2)n1. The number of rotatable bonds is 6. The van der Waals surface area contributed by atoms with Crippen LogP contribution in [0.15, 0.2) is 34.5 Å². The van der Waals surface area contributed by atoms with Gasteiger partial charge in [-0.25, -0.2) is 13.4 Å². The standard InChI is InChI=1S/C20H27N3O3S2/c1-14(2)16-4-6-19(7-5-16)28(25,26)23-10-8-17(9-11-23)20-22-18(13-27-20)12-21-15(3)24/h4-7,13-14,17H,8-12H2,1-3H3,(H,21,24). The molecule has 0 spiro atoms. The van der Waals surface area contributed by atoms with E-state index in [0.29, 0.717) is 30.4 Å². The van der Waals surface area contributed by atoms with Gasteiger partial charge in [-0.3, -0.25) is 4.79 Å². The molecule has 0 unspecified atom stereocenters. The lowest BCUT2D eigenvalue weighted by Crippen LogP contribution is -2.37. The third-order valence-electron chi connectivity index (χ3n) is 5.08. The summed E-state index contributed by atoms with van der Waals surface area (Å²) in [5.74, 6) is 0.571. The topological polar surface area (TPSA) is 79.4 Å². The largest absolute Gasteiger partial charge is 0.351 e. The Morgan fingerprint density at radius 1 is 1.25 bits per heavy atom. The summed E-state index contributed by atoms with van der Waals surface area (Å²) in [5, 5.41) is 5.74. The molecule has 6 nitrogen and oxygen atoms in total. The Morgan fingerprint density at radius 3 is 2.46 bits per heavy atom. The average Bonchev–Trinajstić information content (AvgIpc) is 3.15. The quantitative estimate of drug-likeness (QED) is 0.775. The van der Waals surface area contributed by atoms with Crippen molar-refractivity contribution in [2.45, 2.75) is 56.9 Å². The molecule has 1 amide bonds. The highest BCUT2D eigenvalue weighted by Gasteiger charge is 2.31. The minimum Gasteiger partial charge on any atom is -0.351 e. The molecule has 1 fully saturated rings. The fraction of sp³-hybridized carbons (Fsp3) is 0.500. The molecule has 0 atom stereocenters. The van der Waals surface area contributed by atoms with Crippen LogP contribution in [0.4, 0.5) is 0 Å². The molecule has 28 heavy (non-hydrogen) atoms. The average molecular weight is 422 g/mol. The number of nitrogens with zero attached hydrogens (tertiary/aromatic N) is 2. The van der Waals surface area contributed by atoms with Gasteiger partial charge in [-0.2, -0.15) is 4.31 Å². The summed E-state index contributed by atoms with van der Waals surface area (Å²) in [6.45, 7) is 7.10. The van der Waals surface area contributed by atoms with Crippen molar-refractivity contribution < 1.29 is 13.2 Å². The molecular formula is C20H27N3O3S2. The fourth-order valence-corrected chi connectivity index (χ4v) is 5.78. The lowest BCUT2D eigenvalue weighted by Gasteiger charge is -2.30. The first kappa shape index (κ1) is 21.0. The molecule has 3 rings (SSSR count). The smallest absolute Gasteiger partial charge is 0.243 e. The van der Waals surface area contributed by atoms with Gasteiger partial charge in [0.2, 0.25) is 15.9 Å². The van der Waals surface area contributed by atoms with Crippen molar-refractivity contribution in [3.8, 4) is 0 Å². The predicted molar refractivity (Wildman–Crippen MR) is 111 cm³/mol. The third kappa shape index (κ3) is 4.79. The van der Waals surface area contributed by atoms with Gasteiger partial charge in [0, 0.05) is 31.3 Å². The van der Waals surface area contributed by atoms with Gasteiger partial charge < -0.3 is 5.32 Å². The number of piperidine rings is 1. The number of aromatic nitrogens is 1. The van der Waals surface area contributed by atoms with Crippen molar-refractivity contribution in [3.05, 3.63) is 45.9 Å². The summed E-state index contributed by atoms with van der Waals surface area (Å²) >= 11 is 1.59. The van der Waals surface area contributed by atoms with E-state index in [9.17, 15) is 13.2 Å². The maximum absolute atomic E-state index is 12.9. The molecule has 0 bridgehead atoms. The number of nitrogens with one attached hydrogen (secondary N) is 1. The van der Waals surface area contributed by atoms with Crippen LogP contribution in [0.3, 0.4) is 0 Å². The second kappa shape index (κ2) is 8.71. The lowest BCUT2D eigenvalue weighted by atomic mass is 9.99. The van der Waals surface area contributed by atoms with Crippen LogP contribution in [0.1, 0.15) is 61.7 Å². The molecule has 1 aromatic heterocycles. The first-order valence-corrected chi connectivity index (χ1v) is 11.9. The highest BCUT2D eigenvalue weighted by molar-refractivity contribution is 7.89. The highest BCUT2D eigenvalue weighted by atomic mass is 32.2. The van der Waals surface area contributed by atoms with Gasteiger partial charge in [0.25, 0.3) is 0 Å². The van der Waals surface area contributed by atoms with E-state index >= 15 is 0 Å². The molecule has 1 saturated heterocycles. The van der Waals surface area contributed by atoms with Crippen LogP contribution in [0.2, 0.25) is 0 Å².